The van der Waals surface area contributed by atoms with Crippen LogP contribution in [0.3, 0.4) is 0 Å². The maximum atomic E-state index is 10.2. The van der Waals surface area contributed by atoms with Crippen LogP contribution in [0.15, 0.2) is 0 Å². The van der Waals surface area contributed by atoms with Crippen LogP contribution in [-0.2, 0) is 4.79 Å². The van der Waals surface area contributed by atoms with Gasteiger partial charge in [-0.05, 0) is 6.42 Å². The van der Waals surface area contributed by atoms with Crippen molar-refractivity contribution in [2.45, 2.75) is 12.8 Å². The molecule has 48 valence electrons. The van der Waals surface area contributed by atoms with E-state index >= 15 is 0 Å². The molecular weight excluding hydrogens is 130 g/mol. The average Bonchev–Trinajstić information content (AvgIpc) is 1.83. The third-order valence-electron chi connectivity index (χ3n) is 0.662. The van der Waals surface area contributed by atoms with Gasteiger partial charge >= 0.3 is 0 Å². The van der Waals surface area contributed by atoms with E-state index in [1.165, 1.54) is 5.48 Å². The molecule has 0 atom stereocenters. The minimum atomic E-state index is -0.384. The van der Waals surface area contributed by atoms with Gasteiger partial charge in [0.25, 0.3) is 0 Å². The fourth-order valence-corrected chi connectivity index (χ4v) is 0.417. The van der Waals surface area contributed by atoms with Gasteiger partial charge in [0.2, 0.25) is 5.91 Å². The number of rotatable bonds is 3. The van der Waals surface area contributed by atoms with E-state index in [2.05, 4.69) is 0 Å². The number of carbonyl (C=O) groups is 1. The van der Waals surface area contributed by atoms with Gasteiger partial charge in [0.1, 0.15) is 0 Å². The first-order valence-electron chi connectivity index (χ1n) is 2.30. The van der Waals surface area contributed by atoms with Crippen molar-refractivity contribution in [3.63, 3.8) is 0 Å². The molecule has 0 fully saturated rings. The standard InChI is InChI=1S/C4H8ClNO2/c5-3-1-2-4(7)6-8/h8H,1-3H2,(H,6,7). The Kier molecular flexibility index (Phi) is 4.70. The Labute approximate surface area is 52.6 Å². The molecule has 0 aromatic carbocycles. The highest BCUT2D eigenvalue weighted by Gasteiger charge is 1.94. The van der Waals surface area contributed by atoms with Gasteiger partial charge in [0.05, 0.1) is 0 Å². The van der Waals surface area contributed by atoms with Crippen molar-refractivity contribution in [3.8, 4) is 0 Å². The van der Waals surface area contributed by atoms with Gasteiger partial charge in [-0.25, -0.2) is 5.48 Å². The predicted octanol–water partition coefficient (Wildman–Crippen LogP) is 0.511. The zero-order chi connectivity index (χ0) is 6.41. The number of halogens is 1. The molecule has 1 amide bonds. The average molecular weight is 138 g/mol. The highest BCUT2D eigenvalue weighted by molar-refractivity contribution is 6.17. The lowest BCUT2D eigenvalue weighted by atomic mass is 10.3. The van der Waals surface area contributed by atoms with Gasteiger partial charge in [0, 0.05) is 12.3 Å². The summed E-state index contributed by atoms with van der Waals surface area (Å²) in [6, 6.07) is 0. The Balaban J connectivity index is 2.99. The second-order valence-corrected chi connectivity index (χ2v) is 1.71. The molecule has 0 spiro atoms. The molecular formula is C4H8ClNO2. The monoisotopic (exact) mass is 137 g/mol. The quantitative estimate of drug-likeness (QED) is 0.338. The van der Waals surface area contributed by atoms with Gasteiger partial charge in [-0.15, -0.1) is 11.6 Å². The summed E-state index contributed by atoms with van der Waals surface area (Å²) in [5, 5.41) is 7.92. The topological polar surface area (TPSA) is 49.3 Å². The van der Waals surface area contributed by atoms with E-state index in [0.29, 0.717) is 18.7 Å². The van der Waals surface area contributed by atoms with E-state index in [4.69, 9.17) is 16.8 Å². The number of amides is 1. The Hall–Kier alpha value is -0.280. The summed E-state index contributed by atoms with van der Waals surface area (Å²) in [4.78, 5) is 10.2. The molecule has 0 saturated heterocycles. The number of hydroxylamine groups is 1. The second kappa shape index (κ2) is 4.87. The molecule has 0 aromatic heterocycles. The third-order valence-corrected chi connectivity index (χ3v) is 0.929. The largest absolute Gasteiger partial charge is 0.289 e. The van der Waals surface area contributed by atoms with E-state index in [1.54, 1.807) is 0 Å². The summed E-state index contributed by atoms with van der Waals surface area (Å²) < 4.78 is 0. The normalized spacial score (nSPS) is 8.75. The maximum absolute atomic E-state index is 10.2. The molecule has 0 rings (SSSR count). The summed E-state index contributed by atoms with van der Waals surface area (Å²) >= 11 is 5.24. The van der Waals surface area contributed by atoms with E-state index in [0.717, 1.165) is 0 Å². The van der Waals surface area contributed by atoms with Crippen LogP contribution in [0, 0.1) is 0 Å². The number of hydrogen-bond acceptors (Lipinski definition) is 2. The fraction of sp³-hybridized carbons (Fsp3) is 0.750. The van der Waals surface area contributed by atoms with Crippen LogP contribution in [0.2, 0.25) is 0 Å². The molecule has 4 heteroatoms. The first kappa shape index (κ1) is 7.72. The SMILES string of the molecule is O=C(CCCCl)NO. The number of nitrogens with one attached hydrogen (secondary N) is 1. The van der Waals surface area contributed by atoms with E-state index in [-0.39, 0.29) is 5.91 Å². The van der Waals surface area contributed by atoms with E-state index in [9.17, 15) is 4.79 Å². The third kappa shape index (κ3) is 3.89. The zero-order valence-electron chi connectivity index (χ0n) is 4.35. The Bertz CT molecular complexity index is 76.4. The summed E-state index contributed by atoms with van der Waals surface area (Å²) in [5.74, 6) is 0.0681. The van der Waals surface area contributed by atoms with Gasteiger partial charge in [-0.1, -0.05) is 0 Å². The lowest BCUT2D eigenvalue weighted by Gasteiger charge is -1.92. The maximum Gasteiger partial charge on any atom is 0.243 e. The van der Waals surface area contributed by atoms with Crippen molar-refractivity contribution in [2.75, 3.05) is 5.88 Å². The number of hydrogen-bond donors (Lipinski definition) is 2. The van der Waals surface area contributed by atoms with Gasteiger partial charge in [-0.3, -0.25) is 10.0 Å². The number of carbonyl (C=O) groups excluding carboxylic acids is 1. The van der Waals surface area contributed by atoms with Crippen molar-refractivity contribution < 1.29 is 10.0 Å². The smallest absolute Gasteiger partial charge is 0.243 e. The van der Waals surface area contributed by atoms with Crippen LogP contribution >= 0.6 is 11.6 Å². The molecule has 2 N–H and O–H groups in total. The summed E-state index contributed by atoms with van der Waals surface area (Å²) in [6.07, 6.45) is 0.897. The number of alkyl halides is 1. The molecule has 0 aliphatic heterocycles. The zero-order valence-corrected chi connectivity index (χ0v) is 5.11. The van der Waals surface area contributed by atoms with Crippen LogP contribution in [0.5, 0.6) is 0 Å². The van der Waals surface area contributed by atoms with Crippen molar-refractivity contribution >= 4 is 17.5 Å². The van der Waals surface area contributed by atoms with Crippen LogP contribution < -0.4 is 5.48 Å². The Morgan fingerprint density at radius 1 is 1.75 bits per heavy atom. The molecule has 0 aliphatic carbocycles. The molecule has 0 unspecified atom stereocenters. The summed E-state index contributed by atoms with van der Waals surface area (Å²) in [6.45, 7) is 0. The minimum absolute atomic E-state index is 0.292. The van der Waals surface area contributed by atoms with Crippen LogP contribution in [0.25, 0.3) is 0 Å². The first-order valence-corrected chi connectivity index (χ1v) is 2.83. The van der Waals surface area contributed by atoms with Gasteiger partial charge in [0.15, 0.2) is 0 Å². The Morgan fingerprint density at radius 3 is 2.75 bits per heavy atom. The second-order valence-electron chi connectivity index (χ2n) is 1.33. The van der Waals surface area contributed by atoms with Crippen LogP contribution in [-0.4, -0.2) is 17.0 Å². The molecule has 0 saturated carbocycles. The van der Waals surface area contributed by atoms with Crippen molar-refractivity contribution in [2.24, 2.45) is 0 Å². The molecule has 3 nitrogen and oxygen atoms in total. The lowest BCUT2D eigenvalue weighted by molar-refractivity contribution is -0.129. The summed E-state index contributed by atoms with van der Waals surface area (Å²) in [5.41, 5.74) is 1.50. The molecule has 0 bridgehead atoms. The van der Waals surface area contributed by atoms with Crippen molar-refractivity contribution in [1.29, 1.82) is 0 Å². The van der Waals surface area contributed by atoms with Crippen molar-refractivity contribution in [3.05, 3.63) is 0 Å². The Morgan fingerprint density at radius 2 is 2.38 bits per heavy atom. The molecule has 0 heterocycles. The molecule has 8 heavy (non-hydrogen) atoms. The minimum Gasteiger partial charge on any atom is -0.289 e. The van der Waals surface area contributed by atoms with Gasteiger partial charge < -0.3 is 0 Å². The molecule has 0 aliphatic rings. The van der Waals surface area contributed by atoms with Crippen LogP contribution in [0.4, 0.5) is 0 Å². The highest BCUT2D eigenvalue weighted by Crippen LogP contribution is 1.89. The van der Waals surface area contributed by atoms with E-state index < -0.39 is 0 Å². The van der Waals surface area contributed by atoms with E-state index in [1.807, 2.05) is 0 Å². The lowest BCUT2D eigenvalue weighted by Crippen LogP contribution is -2.17. The van der Waals surface area contributed by atoms with Gasteiger partial charge in [-0.2, -0.15) is 0 Å². The first-order chi connectivity index (χ1) is 3.81. The van der Waals surface area contributed by atoms with Crippen LogP contribution in [0.1, 0.15) is 12.8 Å². The summed E-state index contributed by atoms with van der Waals surface area (Å²) in [7, 11) is 0. The molecule has 0 aromatic rings. The highest BCUT2D eigenvalue weighted by atomic mass is 35.5. The predicted molar refractivity (Wildman–Crippen MR) is 29.9 cm³/mol. The fourth-order valence-electron chi connectivity index (χ4n) is 0.283. The van der Waals surface area contributed by atoms with Crippen molar-refractivity contribution in [1.82, 2.24) is 5.48 Å². The molecule has 0 radical (unpaired) electrons.